The van der Waals surface area contributed by atoms with Crippen molar-refractivity contribution in [1.29, 1.82) is 0 Å². The second-order valence-corrected chi connectivity index (χ2v) is 9.43. The van der Waals surface area contributed by atoms with Crippen molar-refractivity contribution in [2.24, 2.45) is 5.10 Å². The topological polar surface area (TPSA) is 44.7 Å². The summed E-state index contributed by atoms with van der Waals surface area (Å²) in [4.78, 5) is 15.2. The van der Waals surface area contributed by atoms with Gasteiger partial charge in [0.1, 0.15) is 0 Å². The van der Waals surface area contributed by atoms with Gasteiger partial charge in [-0.15, -0.1) is 0 Å². The molecular weight excluding hydrogens is 382 g/mol. The number of hydrogen-bond donors (Lipinski definition) is 1. The van der Waals surface area contributed by atoms with E-state index < -0.39 is 0 Å². The monoisotopic (exact) mass is 413 g/mol. The molecule has 0 saturated heterocycles. The highest BCUT2D eigenvalue weighted by Crippen LogP contribution is 2.44. The number of hydrogen-bond acceptors (Lipinski definition) is 3. The van der Waals surface area contributed by atoms with Crippen LogP contribution in [-0.4, -0.2) is 23.7 Å². The Kier molecular flexibility index (Phi) is 5.57. The first-order chi connectivity index (χ1) is 14.8. The molecule has 4 heteroatoms. The second-order valence-electron chi connectivity index (χ2n) is 9.43. The molecule has 1 N–H and O–H groups in total. The third kappa shape index (κ3) is 4.07. The van der Waals surface area contributed by atoms with Gasteiger partial charge in [-0.3, -0.25) is 4.79 Å². The van der Waals surface area contributed by atoms with Crippen LogP contribution in [0.4, 0.5) is 5.69 Å². The molecule has 0 aliphatic carbocycles. The fraction of sp³-hybridized carbons (Fsp3) is 0.333. The summed E-state index contributed by atoms with van der Waals surface area (Å²) in [5, 5.41) is 6.21. The number of benzene rings is 3. The SMILES string of the molecule is CC1CC(C)(C)N(C(C)C)c2ccc(/C=N/NC(=O)c3cccc4ccccc34)cc21. The van der Waals surface area contributed by atoms with Crippen molar-refractivity contribution in [3.05, 3.63) is 77.4 Å². The molecule has 0 saturated carbocycles. The zero-order valence-electron chi connectivity index (χ0n) is 19.0. The maximum atomic E-state index is 12.7. The zero-order valence-corrected chi connectivity index (χ0v) is 19.0. The Bertz CT molecular complexity index is 1140. The van der Waals surface area contributed by atoms with E-state index in [9.17, 15) is 4.79 Å². The summed E-state index contributed by atoms with van der Waals surface area (Å²) in [5.41, 5.74) is 7.09. The average Bonchev–Trinajstić information content (AvgIpc) is 2.72. The van der Waals surface area contributed by atoms with Crippen LogP contribution in [0.5, 0.6) is 0 Å². The van der Waals surface area contributed by atoms with Gasteiger partial charge in [0, 0.05) is 22.8 Å². The van der Waals surface area contributed by atoms with Gasteiger partial charge >= 0.3 is 0 Å². The maximum absolute atomic E-state index is 12.7. The Balaban J connectivity index is 1.55. The van der Waals surface area contributed by atoms with E-state index in [1.165, 1.54) is 11.3 Å². The number of carbonyl (C=O) groups is 1. The number of nitrogens with zero attached hydrogens (tertiary/aromatic N) is 2. The highest BCUT2D eigenvalue weighted by atomic mass is 16.2. The fourth-order valence-electron chi connectivity index (χ4n) is 5.18. The molecule has 1 unspecified atom stereocenters. The molecule has 0 fully saturated rings. The molecular formula is C27H31N3O. The van der Waals surface area contributed by atoms with Crippen molar-refractivity contribution >= 4 is 28.6 Å². The zero-order chi connectivity index (χ0) is 22.2. The summed E-state index contributed by atoms with van der Waals surface area (Å²) >= 11 is 0. The number of amides is 1. The lowest BCUT2D eigenvalue weighted by Crippen LogP contribution is -2.51. The number of nitrogens with one attached hydrogen (secondary N) is 1. The van der Waals surface area contributed by atoms with Crippen molar-refractivity contribution in [3.8, 4) is 0 Å². The highest BCUT2D eigenvalue weighted by Gasteiger charge is 2.37. The Morgan fingerprint density at radius 2 is 1.87 bits per heavy atom. The summed E-state index contributed by atoms with van der Waals surface area (Å²) in [5.74, 6) is 0.269. The van der Waals surface area contributed by atoms with Gasteiger partial charge in [0.25, 0.3) is 5.91 Å². The molecule has 1 amide bonds. The van der Waals surface area contributed by atoms with E-state index in [-0.39, 0.29) is 11.4 Å². The normalized spacial score (nSPS) is 17.9. The first-order valence-electron chi connectivity index (χ1n) is 11.0. The lowest BCUT2D eigenvalue weighted by molar-refractivity contribution is 0.0957. The van der Waals surface area contributed by atoms with Crippen LogP contribution in [0.15, 0.2) is 65.8 Å². The van der Waals surface area contributed by atoms with E-state index in [4.69, 9.17) is 0 Å². The van der Waals surface area contributed by atoms with Gasteiger partial charge in [0.05, 0.1) is 6.21 Å². The smallest absolute Gasteiger partial charge is 0.271 e. The highest BCUT2D eigenvalue weighted by molar-refractivity contribution is 6.07. The Hall–Kier alpha value is -3.14. The fourth-order valence-corrected chi connectivity index (χ4v) is 5.18. The largest absolute Gasteiger partial charge is 0.364 e. The van der Waals surface area contributed by atoms with E-state index in [1.54, 1.807) is 6.21 Å². The van der Waals surface area contributed by atoms with Gasteiger partial charge in [-0.1, -0.05) is 49.4 Å². The third-order valence-corrected chi connectivity index (χ3v) is 6.23. The molecule has 3 aromatic carbocycles. The molecule has 0 aromatic heterocycles. The van der Waals surface area contributed by atoms with Crippen molar-refractivity contribution in [1.82, 2.24) is 5.43 Å². The average molecular weight is 414 g/mol. The van der Waals surface area contributed by atoms with Crippen molar-refractivity contribution in [2.45, 2.75) is 58.5 Å². The first-order valence-corrected chi connectivity index (χ1v) is 11.0. The van der Waals surface area contributed by atoms with Crippen molar-refractivity contribution in [3.63, 3.8) is 0 Å². The minimum Gasteiger partial charge on any atom is -0.364 e. The minimum absolute atomic E-state index is 0.128. The van der Waals surface area contributed by atoms with Gasteiger partial charge < -0.3 is 4.90 Å². The standard InChI is InChI=1S/C27H31N3O/c1-18(2)30-25-14-13-20(15-24(25)19(3)16-27(30,4)5)17-28-29-26(31)23-12-8-10-21-9-6-7-11-22(21)23/h6-15,17-19H,16H2,1-5H3,(H,29,31)/b28-17+. The van der Waals surface area contributed by atoms with Crippen LogP contribution in [0.2, 0.25) is 0 Å². The van der Waals surface area contributed by atoms with Crippen LogP contribution in [0.3, 0.4) is 0 Å². The Morgan fingerprint density at radius 1 is 1.13 bits per heavy atom. The lowest BCUT2D eigenvalue weighted by Gasteiger charge is -2.50. The summed E-state index contributed by atoms with van der Waals surface area (Å²) in [6, 6.07) is 20.5. The van der Waals surface area contributed by atoms with Crippen LogP contribution in [0.1, 0.15) is 68.4 Å². The predicted octanol–water partition coefficient (Wildman–Crippen LogP) is 6.10. The van der Waals surface area contributed by atoms with E-state index >= 15 is 0 Å². The molecule has 160 valence electrons. The number of rotatable bonds is 4. The van der Waals surface area contributed by atoms with E-state index in [0.29, 0.717) is 17.5 Å². The molecule has 4 rings (SSSR count). The lowest BCUT2D eigenvalue weighted by atomic mass is 9.79. The number of anilines is 1. The van der Waals surface area contributed by atoms with Gasteiger partial charge in [-0.25, -0.2) is 5.43 Å². The third-order valence-electron chi connectivity index (χ3n) is 6.23. The molecule has 0 bridgehead atoms. The molecule has 0 spiro atoms. The van der Waals surface area contributed by atoms with Crippen LogP contribution in [0, 0.1) is 0 Å². The first kappa shape index (κ1) is 21.1. The maximum Gasteiger partial charge on any atom is 0.271 e. The van der Waals surface area contributed by atoms with E-state index in [0.717, 1.165) is 22.8 Å². The van der Waals surface area contributed by atoms with E-state index in [1.807, 2.05) is 42.5 Å². The minimum atomic E-state index is -0.202. The Morgan fingerprint density at radius 3 is 2.65 bits per heavy atom. The van der Waals surface area contributed by atoms with Gasteiger partial charge in [0.2, 0.25) is 0 Å². The molecule has 31 heavy (non-hydrogen) atoms. The van der Waals surface area contributed by atoms with Crippen LogP contribution < -0.4 is 10.3 Å². The molecule has 0 radical (unpaired) electrons. The quantitative estimate of drug-likeness (QED) is 0.415. The van der Waals surface area contributed by atoms with Gasteiger partial charge in [-0.2, -0.15) is 5.10 Å². The molecule has 1 atom stereocenters. The Labute approximate surface area is 185 Å². The summed E-state index contributed by atoms with van der Waals surface area (Å²) < 4.78 is 0. The summed E-state index contributed by atoms with van der Waals surface area (Å²) in [7, 11) is 0. The molecule has 1 aliphatic heterocycles. The van der Waals surface area contributed by atoms with Gasteiger partial charge in [0.15, 0.2) is 0 Å². The molecule has 3 aromatic rings. The predicted molar refractivity (Wildman–Crippen MR) is 130 cm³/mol. The van der Waals surface area contributed by atoms with Crippen LogP contribution in [-0.2, 0) is 0 Å². The summed E-state index contributed by atoms with van der Waals surface area (Å²) in [6.07, 6.45) is 2.84. The number of fused-ring (bicyclic) bond motifs is 2. The molecule has 1 aliphatic rings. The second kappa shape index (κ2) is 8.18. The van der Waals surface area contributed by atoms with Crippen molar-refractivity contribution < 1.29 is 4.79 Å². The van der Waals surface area contributed by atoms with Crippen LogP contribution >= 0.6 is 0 Å². The molecule has 1 heterocycles. The van der Waals surface area contributed by atoms with Crippen LogP contribution in [0.25, 0.3) is 10.8 Å². The van der Waals surface area contributed by atoms with Gasteiger partial charge in [-0.05, 0) is 80.1 Å². The molecule has 4 nitrogen and oxygen atoms in total. The van der Waals surface area contributed by atoms with Crippen molar-refractivity contribution in [2.75, 3.05) is 4.90 Å². The van der Waals surface area contributed by atoms with E-state index in [2.05, 4.69) is 68.2 Å². The number of carbonyl (C=O) groups excluding carboxylic acids is 1. The summed E-state index contributed by atoms with van der Waals surface area (Å²) in [6.45, 7) is 11.4. The number of hydrazone groups is 1.